The molecule has 5 nitrogen and oxygen atoms in total. The highest BCUT2D eigenvalue weighted by Gasteiger charge is 2.22. The van der Waals surface area contributed by atoms with Gasteiger partial charge < -0.3 is 10.1 Å². The number of hydrogen-bond donors (Lipinski definition) is 1. The van der Waals surface area contributed by atoms with Gasteiger partial charge in [-0.25, -0.2) is 9.78 Å². The van der Waals surface area contributed by atoms with E-state index >= 15 is 0 Å². The van der Waals surface area contributed by atoms with Crippen molar-refractivity contribution in [2.45, 2.75) is 36.8 Å². The second-order valence-corrected chi connectivity index (χ2v) is 7.69. The topological polar surface area (TPSA) is 68.3 Å². The second-order valence-electron chi connectivity index (χ2n) is 6.63. The fourth-order valence-corrected chi connectivity index (χ4v) is 3.50. The van der Waals surface area contributed by atoms with Crippen molar-refractivity contribution in [1.29, 1.82) is 0 Å². The van der Waals surface area contributed by atoms with Crippen LogP contribution >= 0.6 is 11.8 Å². The number of ether oxygens (including phenoxy) is 1. The number of hydrogen-bond acceptors (Lipinski definition) is 5. The third-order valence-corrected chi connectivity index (χ3v) is 5.28. The Balaban J connectivity index is 1.69. The number of carbonyl (C=O) groups is 2. The summed E-state index contributed by atoms with van der Waals surface area (Å²) >= 11 is 1.37. The maximum Gasteiger partial charge on any atom is 0.341 e. The van der Waals surface area contributed by atoms with Crippen LogP contribution in [0.2, 0.25) is 0 Å². The van der Waals surface area contributed by atoms with Gasteiger partial charge in [0, 0.05) is 16.8 Å². The molecule has 1 atom stereocenters. The van der Waals surface area contributed by atoms with Gasteiger partial charge in [0.15, 0.2) is 6.10 Å². The van der Waals surface area contributed by atoms with E-state index < -0.39 is 12.1 Å². The van der Waals surface area contributed by atoms with E-state index in [2.05, 4.69) is 10.3 Å². The smallest absolute Gasteiger partial charge is 0.341 e. The quantitative estimate of drug-likeness (QED) is 0.581. The number of anilines is 1. The molecule has 2 aromatic carbocycles. The Bertz CT molecular complexity index is 1020. The van der Waals surface area contributed by atoms with E-state index in [1.165, 1.54) is 11.8 Å². The first kappa shape index (κ1) is 20.6. The Hall–Kier alpha value is -3.12. The van der Waals surface area contributed by atoms with E-state index in [0.29, 0.717) is 16.3 Å². The molecule has 0 aliphatic carbocycles. The lowest BCUT2D eigenvalue weighted by molar-refractivity contribution is -0.123. The van der Waals surface area contributed by atoms with Crippen molar-refractivity contribution < 1.29 is 14.3 Å². The van der Waals surface area contributed by atoms with E-state index in [1.54, 1.807) is 25.3 Å². The Morgan fingerprint density at radius 1 is 1.03 bits per heavy atom. The van der Waals surface area contributed by atoms with Crippen molar-refractivity contribution in [3.05, 3.63) is 83.6 Å². The predicted octanol–water partition coefficient (Wildman–Crippen LogP) is 5.03. The van der Waals surface area contributed by atoms with Crippen molar-refractivity contribution in [3.8, 4) is 0 Å². The number of amides is 1. The minimum absolute atomic E-state index is 0.327. The molecule has 6 heteroatoms. The summed E-state index contributed by atoms with van der Waals surface area (Å²) in [7, 11) is 0. The van der Waals surface area contributed by atoms with Gasteiger partial charge in [0.1, 0.15) is 5.03 Å². The van der Waals surface area contributed by atoms with E-state index in [-0.39, 0.29) is 5.91 Å². The number of nitrogens with zero attached hydrogens (tertiary/aromatic N) is 1. The lowest BCUT2D eigenvalue weighted by atomic mass is 10.1. The van der Waals surface area contributed by atoms with E-state index in [9.17, 15) is 9.59 Å². The third kappa shape index (κ3) is 5.45. The molecule has 0 bridgehead atoms. The summed E-state index contributed by atoms with van der Waals surface area (Å²) < 4.78 is 5.41. The van der Waals surface area contributed by atoms with Crippen LogP contribution in [0, 0.1) is 13.8 Å². The van der Waals surface area contributed by atoms with Crippen molar-refractivity contribution in [1.82, 2.24) is 4.98 Å². The molecule has 0 radical (unpaired) electrons. The standard InChI is InChI=1S/C23H22N2O3S/c1-15-11-12-16(2)20(14-15)25-21(26)17(3)28-23(27)19-10-7-13-24-22(19)29-18-8-5-4-6-9-18/h4-14,17H,1-3H3,(H,25,26). The largest absolute Gasteiger partial charge is 0.449 e. The fourth-order valence-electron chi connectivity index (χ4n) is 2.61. The van der Waals surface area contributed by atoms with Gasteiger partial charge in [-0.05, 0) is 62.2 Å². The average Bonchev–Trinajstić information content (AvgIpc) is 2.71. The normalized spacial score (nSPS) is 11.6. The second kappa shape index (κ2) is 9.39. The molecule has 1 heterocycles. The molecule has 148 valence electrons. The first-order valence-electron chi connectivity index (χ1n) is 9.21. The number of aryl methyl sites for hydroxylation is 2. The van der Waals surface area contributed by atoms with Gasteiger partial charge in [-0.2, -0.15) is 0 Å². The van der Waals surface area contributed by atoms with Gasteiger partial charge in [0.2, 0.25) is 0 Å². The molecule has 1 aromatic heterocycles. The summed E-state index contributed by atoms with van der Waals surface area (Å²) in [6.45, 7) is 5.42. The maximum absolute atomic E-state index is 12.7. The van der Waals surface area contributed by atoms with Gasteiger partial charge in [-0.3, -0.25) is 4.79 Å². The number of aromatic nitrogens is 1. The number of pyridine rings is 1. The number of benzene rings is 2. The lowest BCUT2D eigenvalue weighted by Crippen LogP contribution is -2.30. The van der Waals surface area contributed by atoms with Crippen molar-refractivity contribution in [3.63, 3.8) is 0 Å². The summed E-state index contributed by atoms with van der Waals surface area (Å²) in [5, 5.41) is 3.36. The van der Waals surface area contributed by atoms with Crippen LogP contribution < -0.4 is 5.32 Å². The molecule has 1 amide bonds. The number of nitrogens with one attached hydrogen (secondary N) is 1. The van der Waals surface area contributed by atoms with Crippen molar-refractivity contribution in [2.75, 3.05) is 5.32 Å². The van der Waals surface area contributed by atoms with Crippen LogP contribution in [0.1, 0.15) is 28.4 Å². The summed E-state index contributed by atoms with van der Waals surface area (Å²) in [5.74, 6) is -0.964. The minimum Gasteiger partial charge on any atom is -0.449 e. The molecule has 0 aliphatic heterocycles. The molecule has 1 N–H and O–H groups in total. The summed E-state index contributed by atoms with van der Waals surface area (Å²) in [5.41, 5.74) is 3.01. The third-order valence-electron chi connectivity index (χ3n) is 4.25. The van der Waals surface area contributed by atoms with Crippen LogP contribution in [0.25, 0.3) is 0 Å². The van der Waals surface area contributed by atoms with Crippen LogP contribution in [0.5, 0.6) is 0 Å². The molecule has 0 saturated carbocycles. The van der Waals surface area contributed by atoms with E-state index in [1.807, 2.05) is 62.4 Å². The predicted molar refractivity (Wildman–Crippen MR) is 114 cm³/mol. The molecule has 0 spiro atoms. The number of carbonyl (C=O) groups excluding carboxylic acids is 2. The van der Waals surface area contributed by atoms with E-state index in [4.69, 9.17) is 4.74 Å². The van der Waals surface area contributed by atoms with Gasteiger partial charge in [0.05, 0.1) is 5.56 Å². The summed E-state index contributed by atoms with van der Waals surface area (Å²) in [4.78, 5) is 30.5. The Labute approximate surface area is 174 Å². The molecule has 0 saturated heterocycles. The highest BCUT2D eigenvalue weighted by atomic mass is 32.2. The van der Waals surface area contributed by atoms with Crippen LogP contribution in [0.4, 0.5) is 5.69 Å². The Morgan fingerprint density at radius 3 is 2.55 bits per heavy atom. The molecule has 0 aliphatic rings. The molecule has 29 heavy (non-hydrogen) atoms. The van der Waals surface area contributed by atoms with Crippen molar-refractivity contribution >= 4 is 29.3 Å². The van der Waals surface area contributed by atoms with Gasteiger partial charge in [-0.1, -0.05) is 42.1 Å². The highest BCUT2D eigenvalue weighted by Crippen LogP contribution is 2.29. The van der Waals surface area contributed by atoms with Crippen LogP contribution in [-0.2, 0) is 9.53 Å². The average molecular weight is 407 g/mol. The SMILES string of the molecule is Cc1ccc(C)c(NC(=O)C(C)OC(=O)c2cccnc2Sc2ccccc2)c1. The molecule has 3 aromatic rings. The highest BCUT2D eigenvalue weighted by molar-refractivity contribution is 7.99. The molecule has 1 unspecified atom stereocenters. The van der Waals surface area contributed by atoms with Crippen molar-refractivity contribution in [2.24, 2.45) is 0 Å². The van der Waals surface area contributed by atoms with E-state index in [0.717, 1.165) is 16.0 Å². The van der Waals surface area contributed by atoms with Gasteiger partial charge in [0.25, 0.3) is 5.91 Å². The number of rotatable bonds is 6. The zero-order chi connectivity index (χ0) is 20.8. The van der Waals surface area contributed by atoms with Crippen LogP contribution in [0.3, 0.4) is 0 Å². The first-order chi connectivity index (χ1) is 13.9. The molecule has 3 rings (SSSR count). The Morgan fingerprint density at radius 2 is 1.79 bits per heavy atom. The monoisotopic (exact) mass is 406 g/mol. The molecular weight excluding hydrogens is 384 g/mol. The zero-order valence-electron chi connectivity index (χ0n) is 16.5. The molecular formula is C23H22N2O3S. The van der Waals surface area contributed by atoms with Crippen LogP contribution in [-0.4, -0.2) is 23.0 Å². The van der Waals surface area contributed by atoms with Crippen LogP contribution in [0.15, 0.2) is 76.8 Å². The maximum atomic E-state index is 12.7. The zero-order valence-corrected chi connectivity index (χ0v) is 17.3. The number of esters is 1. The molecule has 0 fully saturated rings. The summed E-state index contributed by atoms with van der Waals surface area (Å²) in [6.07, 6.45) is 0.677. The minimum atomic E-state index is -0.947. The lowest BCUT2D eigenvalue weighted by Gasteiger charge is -2.16. The van der Waals surface area contributed by atoms with Gasteiger partial charge in [-0.15, -0.1) is 0 Å². The fraction of sp³-hybridized carbons (Fsp3) is 0.174. The Kier molecular flexibility index (Phi) is 6.67. The summed E-state index contributed by atoms with van der Waals surface area (Å²) in [6, 6.07) is 18.8. The van der Waals surface area contributed by atoms with Gasteiger partial charge >= 0.3 is 5.97 Å². The first-order valence-corrected chi connectivity index (χ1v) is 10.0.